The van der Waals surface area contributed by atoms with Crippen LogP contribution in [0.3, 0.4) is 0 Å². The molecule has 0 amide bonds. The van der Waals surface area contributed by atoms with E-state index in [1.807, 2.05) is 0 Å². The van der Waals surface area contributed by atoms with Crippen LogP contribution in [0.15, 0.2) is 0 Å². The Morgan fingerprint density at radius 3 is 1.21 bits per heavy atom. The van der Waals surface area contributed by atoms with Crippen LogP contribution in [0.1, 0.15) is 128 Å². The summed E-state index contributed by atoms with van der Waals surface area (Å²) in [5.41, 5.74) is 0. The zero-order valence-electron chi connectivity index (χ0n) is 24.3. The molecule has 1 saturated carbocycles. The van der Waals surface area contributed by atoms with Crippen molar-refractivity contribution in [1.29, 1.82) is 0 Å². The Labute approximate surface area is 236 Å². The van der Waals surface area contributed by atoms with Crippen molar-refractivity contribution in [3.8, 4) is 0 Å². The highest BCUT2D eigenvalue weighted by Crippen LogP contribution is 2.44. The number of epoxide rings is 3. The second kappa shape index (κ2) is 17.6. The maximum Gasteiger partial charge on any atom is 0.309 e. The van der Waals surface area contributed by atoms with E-state index in [-0.39, 0.29) is 24.1 Å². The van der Waals surface area contributed by atoms with Gasteiger partial charge in [-0.25, -0.2) is 0 Å². The number of ether oxygens (including phenoxy) is 5. The zero-order chi connectivity index (χ0) is 27.1. The Balaban J connectivity index is 0.974. The van der Waals surface area contributed by atoms with Crippen LogP contribution in [0.25, 0.3) is 0 Å². The minimum absolute atomic E-state index is 0.116. The van der Waals surface area contributed by atoms with E-state index in [0.29, 0.717) is 38.3 Å². The SMILES string of the molecule is O=C(OCCCCCCCCCCC1CO1)C1CC2OC2CC1C(=O)OCCCCCCCCCCC1CO1. The Kier molecular flexibility index (Phi) is 13.9. The molecule has 4 rings (SSSR count). The minimum Gasteiger partial charge on any atom is -0.465 e. The molecule has 0 N–H and O–H groups in total. The molecule has 39 heavy (non-hydrogen) atoms. The molecule has 3 aliphatic heterocycles. The third-order valence-corrected chi connectivity index (χ3v) is 8.89. The lowest BCUT2D eigenvalue weighted by molar-refractivity contribution is -0.162. The zero-order valence-corrected chi connectivity index (χ0v) is 24.3. The normalized spacial score (nSPS) is 28.5. The summed E-state index contributed by atoms with van der Waals surface area (Å²) >= 11 is 0. The van der Waals surface area contributed by atoms with Crippen molar-refractivity contribution in [2.75, 3.05) is 26.4 Å². The lowest BCUT2D eigenvalue weighted by Gasteiger charge is -2.26. The van der Waals surface area contributed by atoms with Gasteiger partial charge < -0.3 is 23.7 Å². The van der Waals surface area contributed by atoms with Crippen LogP contribution in [0.4, 0.5) is 0 Å². The highest BCUT2D eigenvalue weighted by Gasteiger charge is 2.53. The van der Waals surface area contributed by atoms with Gasteiger partial charge in [-0.2, -0.15) is 0 Å². The minimum atomic E-state index is -0.422. The Hall–Kier alpha value is -1.18. The van der Waals surface area contributed by atoms with Gasteiger partial charge in [0.1, 0.15) is 0 Å². The summed E-state index contributed by atoms with van der Waals surface area (Å²) in [6, 6.07) is 0. The molecule has 0 aromatic rings. The van der Waals surface area contributed by atoms with E-state index in [1.54, 1.807) is 0 Å². The molecule has 0 aromatic carbocycles. The van der Waals surface area contributed by atoms with Crippen molar-refractivity contribution < 1.29 is 33.3 Å². The van der Waals surface area contributed by atoms with Gasteiger partial charge in [-0.15, -0.1) is 0 Å². The molecule has 224 valence electrons. The average molecular weight is 551 g/mol. The summed E-state index contributed by atoms with van der Waals surface area (Å²) in [5, 5.41) is 0. The van der Waals surface area contributed by atoms with E-state index in [4.69, 9.17) is 23.7 Å². The van der Waals surface area contributed by atoms with Gasteiger partial charge in [-0.3, -0.25) is 9.59 Å². The van der Waals surface area contributed by atoms with E-state index in [2.05, 4.69) is 0 Å². The second-order valence-electron chi connectivity index (χ2n) is 12.4. The number of fused-ring (bicyclic) bond motifs is 1. The number of esters is 2. The Bertz CT molecular complexity index is 647. The van der Waals surface area contributed by atoms with Gasteiger partial charge in [0.15, 0.2) is 0 Å². The summed E-state index contributed by atoms with van der Waals surface area (Å²) < 4.78 is 27.4. The van der Waals surface area contributed by atoms with E-state index in [0.717, 1.165) is 38.9 Å². The molecule has 1 aliphatic carbocycles. The van der Waals surface area contributed by atoms with Gasteiger partial charge >= 0.3 is 11.9 Å². The predicted molar refractivity (Wildman–Crippen MR) is 149 cm³/mol. The second-order valence-corrected chi connectivity index (χ2v) is 12.4. The fourth-order valence-electron chi connectivity index (χ4n) is 6.04. The molecule has 4 fully saturated rings. The van der Waals surface area contributed by atoms with Crippen molar-refractivity contribution in [3.63, 3.8) is 0 Å². The molecule has 4 aliphatic rings. The molecule has 6 atom stereocenters. The number of hydrogen-bond acceptors (Lipinski definition) is 7. The standard InChI is InChI=1S/C32H54O7/c33-31(35-19-15-11-7-3-1-5-9-13-17-25-23-37-25)27-21-29-30(39-29)22-28(27)32(34)36-20-16-12-8-4-2-6-10-14-18-26-24-38-26/h25-30H,1-24H2. The van der Waals surface area contributed by atoms with Crippen LogP contribution < -0.4 is 0 Å². The molecule has 0 radical (unpaired) electrons. The fourth-order valence-corrected chi connectivity index (χ4v) is 6.04. The monoisotopic (exact) mass is 550 g/mol. The number of hydrogen-bond donors (Lipinski definition) is 0. The molecular formula is C32H54O7. The van der Waals surface area contributed by atoms with Crippen LogP contribution in [0.2, 0.25) is 0 Å². The van der Waals surface area contributed by atoms with E-state index in [1.165, 1.54) is 89.9 Å². The maximum absolute atomic E-state index is 12.8. The Morgan fingerprint density at radius 1 is 0.513 bits per heavy atom. The lowest BCUT2D eigenvalue weighted by Crippen LogP contribution is -2.37. The smallest absolute Gasteiger partial charge is 0.309 e. The third-order valence-electron chi connectivity index (χ3n) is 8.89. The van der Waals surface area contributed by atoms with Crippen LogP contribution in [-0.2, 0) is 33.3 Å². The first-order valence-corrected chi connectivity index (χ1v) is 16.4. The van der Waals surface area contributed by atoms with Crippen molar-refractivity contribution >= 4 is 11.9 Å². The number of rotatable bonds is 24. The van der Waals surface area contributed by atoms with E-state index < -0.39 is 11.8 Å². The maximum atomic E-state index is 12.8. The topological polar surface area (TPSA) is 90.2 Å². The first kappa shape index (κ1) is 30.8. The van der Waals surface area contributed by atoms with Crippen LogP contribution in [0.5, 0.6) is 0 Å². The molecular weight excluding hydrogens is 496 g/mol. The van der Waals surface area contributed by atoms with Crippen molar-refractivity contribution in [1.82, 2.24) is 0 Å². The molecule has 0 spiro atoms. The highest BCUT2D eigenvalue weighted by molar-refractivity contribution is 5.82. The number of unbranched alkanes of at least 4 members (excludes halogenated alkanes) is 14. The summed E-state index contributed by atoms with van der Waals surface area (Å²) in [4.78, 5) is 25.7. The molecule has 3 heterocycles. The molecule has 7 nitrogen and oxygen atoms in total. The summed E-state index contributed by atoms with van der Waals surface area (Å²) in [6.45, 7) is 2.84. The van der Waals surface area contributed by atoms with Crippen molar-refractivity contribution in [2.45, 2.75) is 153 Å². The van der Waals surface area contributed by atoms with Crippen LogP contribution >= 0.6 is 0 Å². The molecule has 6 unspecified atom stereocenters. The molecule has 0 aromatic heterocycles. The first-order valence-electron chi connectivity index (χ1n) is 16.4. The number of carbonyl (C=O) groups excluding carboxylic acids is 2. The molecule has 3 saturated heterocycles. The predicted octanol–water partition coefficient (Wildman–Crippen LogP) is 6.69. The highest BCUT2D eigenvalue weighted by atomic mass is 16.6. The van der Waals surface area contributed by atoms with Gasteiger partial charge in [-0.05, 0) is 38.5 Å². The summed E-state index contributed by atoms with van der Waals surface area (Å²) in [7, 11) is 0. The van der Waals surface area contributed by atoms with Gasteiger partial charge in [0.2, 0.25) is 0 Å². The van der Waals surface area contributed by atoms with Gasteiger partial charge in [0, 0.05) is 0 Å². The largest absolute Gasteiger partial charge is 0.465 e. The fraction of sp³-hybridized carbons (Fsp3) is 0.938. The number of carbonyl (C=O) groups is 2. The van der Waals surface area contributed by atoms with Gasteiger partial charge in [0.05, 0.1) is 62.7 Å². The van der Waals surface area contributed by atoms with E-state index >= 15 is 0 Å². The van der Waals surface area contributed by atoms with E-state index in [9.17, 15) is 9.59 Å². The average Bonchev–Trinajstić information content (AvgIpc) is 3.80. The molecule has 7 heteroatoms. The van der Waals surface area contributed by atoms with Crippen molar-refractivity contribution in [2.24, 2.45) is 11.8 Å². The quantitative estimate of drug-likeness (QED) is 0.0751. The van der Waals surface area contributed by atoms with Gasteiger partial charge in [-0.1, -0.05) is 89.9 Å². The van der Waals surface area contributed by atoms with Crippen LogP contribution in [0, 0.1) is 11.8 Å². The summed E-state index contributed by atoms with van der Waals surface area (Å²) in [5.74, 6) is -1.33. The van der Waals surface area contributed by atoms with Crippen molar-refractivity contribution in [3.05, 3.63) is 0 Å². The Morgan fingerprint density at radius 2 is 0.846 bits per heavy atom. The molecule has 0 bridgehead atoms. The first-order chi connectivity index (χ1) is 19.2. The lowest BCUT2D eigenvalue weighted by atomic mass is 9.79. The third kappa shape index (κ3) is 12.9. The summed E-state index contributed by atoms with van der Waals surface area (Å²) in [6.07, 6.45) is 24.2. The van der Waals surface area contributed by atoms with Crippen LogP contribution in [-0.4, -0.2) is 62.8 Å². The van der Waals surface area contributed by atoms with Gasteiger partial charge in [0.25, 0.3) is 0 Å².